The van der Waals surface area contributed by atoms with Crippen molar-refractivity contribution in [2.45, 2.75) is 32.3 Å². The van der Waals surface area contributed by atoms with Gasteiger partial charge in [0, 0.05) is 26.2 Å². The molecule has 0 aliphatic heterocycles. The summed E-state index contributed by atoms with van der Waals surface area (Å²) in [6.45, 7) is 2.17. The van der Waals surface area contributed by atoms with E-state index in [4.69, 9.17) is 0 Å². The van der Waals surface area contributed by atoms with Crippen LogP contribution in [0.15, 0.2) is 24.3 Å². The summed E-state index contributed by atoms with van der Waals surface area (Å²) in [7, 11) is 1.80. The standard InChI is InChI=1S/C16H22N2O3/c1-11(19)17-14-5-3-12(4-6-14)9-16(21)18(2)10-13-7-15(20)8-13/h3-6,13,15,20H,7-10H2,1-2H3,(H,17,19). The highest BCUT2D eigenvalue weighted by Gasteiger charge is 2.28. The van der Waals surface area contributed by atoms with Crippen LogP contribution in [0.25, 0.3) is 0 Å². The van der Waals surface area contributed by atoms with E-state index >= 15 is 0 Å². The molecule has 1 aliphatic carbocycles. The largest absolute Gasteiger partial charge is 0.393 e. The number of benzene rings is 1. The second-order valence-electron chi connectivity index (χ2n) is 5.82. The number of carbonyl (C=O) groups excluding carboxylic acids is 2. The highest BCUT2D eigenvalue weighted by atomic mass is 16.3. The first-order valence-corrected chi connectivity index (χ1v) is 7.22. The number of hydrogen-bond acceptors (Lipinski definition) is 3. The number of rotatable bonds is 5. The zero-order valence-electron chi connectivity index (χ0n) is 12.5. The van der Waals surface area contributed by atoms with Gasteiger partial charge in [0.25, 0.3) is 0 Å². The Morgan fingerprint density at radius 3 is 2.43 bits per heavy atom. The van der Waals surface area contributed by atoms with E-state index in [1.807, 2.05) is 12.1 Å². The van der Waals surface area contributed by atoms with Crippen molar-refractivity contribution in [1.29, 1.82) is 0 Å². The van der Waals surface area contributed by atoms with Crippen molar-refractivity contribution in [3.63, 3.8) is 0 Å². The molecular weight excluding hydrogens is 268 g/mol. The molecule has 0 radical (unpaired) electrons. The maximum absolute atomic E-state index is 12.1. The summed E-state index contributed by atoms with van der Waals surface area (Å²) in [6, 6.07) is 7.30. The van der Waals surface area contributed by atoms with Gasteiger partial charge in [-0.05, 0) is 36.5 Å². The van der Waals surface area contributed by atoms with Crippen LogP contribution in [0, 0.1) is 5.92 Å². The predicted molar refractivity (Wildman–Crippen MR) is 80.8 cm³/mol. The highest BCUT2D eigenvalue weighted by molar-refractivity contribution is 5.88. The summed E-state index contributed by atoms with van der Waals surface area (Å²) in [5.41, 5.74) is 1.66. The number of aliphatic hydroxyl groups is 1. The molecule has 0 spiro atoms. The Kier molecular flexibility index (Phi) is 4.96. The topological polar surface area (TPSA) is 69.6 Å². The number of likely N-dealkylation sites (N-methyl/N-ethyl adjacent to an activating group) is 1. The summed E-state index contributed by atoms with van der Waals surface area (Å²) in [5.74, 6) is 0.390. The molecule has 5 heteroatoms. The minimum absolute atomic E-state index is 0.0728. The van der Waals surface area contributed by atoms with E-state index in [2.05, 4.69) is 5.32 Å². The predicted octanol–water partition coefficient (Wildman–Crippen LogP) is 1.42. The first-order chi connectivity index (χ1) is 9.94. The average molecular weight is 290 g/mol. The zero-order chi connectivity index (χ0) is 15.4. The second kappa shape index (κ2) is 6.72. The molecule has 114 valence electrons. The lowest BCUT2D eigenvalue weighted by atomic mass is 9.82. The van der Waals surface area contributed by atoms with Gasteiger partial charge in [-0.15, -0.1) is 0 Å². The van der Waals surface area contributed by atoms with Crippen LogP contribution in [-0.4, -0.2) is 41.5 Å². The lowest BCUT2D eigenvalue weighted by Gasteiger charge is -2.34. The van der Waals surface area contributed by atoms with Gasteiger partial charge in [-0.2, -0.15) is 0 Å². The van der Waals surface area contributed by atoms with Crippen LogP contribution >= 0.6 is 0 Å². The van der Waals surface area contributed by atoms with Crippen molar-refractivity contribution in [2.75, 3.05) is 18.9 Å². The SMILES string of the molecule is CC(=O)Nc1ccc(CC(=O)N(C)CC2CC(O)C2)cc1. The summed E-state index contributed by atoms with van der Waals surface area (Å²) in [5, 5.41) is 12.0. The minimum Gasteiger partial charge on any atom is -0.393 e. The molecule has 2 rings (SSSR count). The molecule has 0 unspecified atom stereocenters. The van der Waals surface area contributed by atoms with Crippen LogP contribution < -0.4 is 5.32 Å². The van der Waals surface area contributed by atoms with Crippen molar-refractivity contribution < 1.29 is 14.7 Å². The Balaban J connectivity index is 1.82. The monoisotopic (exact) mass is 290 g/mol. The Morgan fingerprint density at radius 2 is 1.90 bits per heavy atom. The molecule has 0 aromatic heterocycles. The van der Waals surface area contributed by atoms with Gasteiger partial charge in [0.05, 0.1) is 12.5 Å². The van der Waals surface area contributed by atoms with Crippen LogP contribution in [-0.2, 0) is 16.0 Å². The van der Waals surface area contributed by atoms with Gasteiger partial charge < -0.3 is 15.3 Å². The molecule has 0 bridgehead atoms. The third-order valence-corrected chi connectivity index (χ3v) is 3.80. The lowest BCUT2D eigenvalue weighted by molar-refractivity contribution is -0.130. The van der Waals surface area contributed by atoms with E-state index in [9.17, 15) is 14.7 Å². The number of nitrogens with one attached hydrogen (secondary N) is 1. The molecule has 1 saturated carbocycles. The number of anilines is 1. The molecule has 2 N–H and O–H groups in total. The number of carbonyl (C=O) groups is 2. The zero-order valence-corrected chi connectivity index (χ0v) is 12.5. The molecule has 1 aromatic rings. The molecule has 1 aliphatic rings. The Morgan fingerprint density at radius 1 is 1.29 bits per heavy atom. The van der Waals surface area contributed by atoms with Crippen LogP contribution in [0.1, 0.15) is 25.3 Å². The van der Waals surface area contributed by atoms with Gasteiger partial charge in [0.1, 0.15) is 0 Å². The molecule has 0 heterocycles. The fraction of sp³-hybridized carbons (Fsp3) is 0.500. The quantitative estimate of drug-likeness (QED) is 0.861. The molecule has 2 amide bonds. The van der Waals surface area contributed by atoms with Gasteiger partial charge in [-0.25, -0.2) is 0 Å². The summed E-state index contributed by atoms with van der Waals surface area (Å²) in [6.07, 6.45) is 1.76. The van der Waals surface area contributed by atoms with Gasteiger partial charge in [-0.3, -0.25) is 9.59 Å². The summed E-state index contributed by atoms with van der Waals surface area (Å²) >= 11 is 0. The minimum atomic E-state index is -0.181. The Labute approximate surface area is 125 Å². The highest BCUT2D eigenvalue weighted by Crippen LogP contribution is 2.27. The van der Waals surface area contributed by atoms with E-state index in [0.29, 0.717) is 18.9 Å². The molecule has 5 nitrogen and oxygen atoms in total. The van der Waals surface area contributed by atoms with Gasteiger partial charge in [-0.1, -0.05) is 12.1 Å². The average Bonchev–Trinajstić information content (AvgIpc) is 2.38. The number of aliphatic hydroxyl groups excluding tert-OH is 1. The van der Waals surface area contributed by atoms with Crippen molar-refractivity contribution in [2.24, 2.45) is 5.92 Å². The van der Waals surface area contributed by atoms with Gasteiger partial charge >= 0.3 is 0 Å². The van der Waals surface area contributed by atoms with Crippen molar-refractivity contribution in [3.05, 3.63) is 29.8 Å². The van der Waals surface area contributed by atoms with Crippen molar-refractivity contribution in [1.82, 2.24) is 4.90 Å². The van der Waals surface area contributed by atoms with Crippen LogP contribution in [0.2, 0.25) is 0 Å². The number of amides is 2. The first-order valence-electron chi connectivity index (χ1n) is 7.22. The number of hydrogen-bond donors (Lipinski definition) is 2. The van der Waals surface area contributed by atoms with Crippen LogP contribution in [0.4, 0.5) is 5.69 Å². The molecule has 21 heavy (non-hydrogen) atoms. The third-order valence-electron chi connectivity index (χ3n) is 3.80. The van der Waals surface area contributed by atoms with Crippen LogP contribution in [0.3, 0.4) is 0 Å². The summed E-state index contributed by atoms with van der Waals surface area (Å²) < 4.78 is 0. The smallest absolute Gasteiger partial charge is 0.226 e. The molecule has 0 atom stereocenters. The maximum atomic E-state index is 12.1. The normalized spacial score (nSPS) is 20.5. The molecule has 1 fully saturated rings. The van der Waals surface area contributed by atoms with Crippen LogP contribution in [0.5, 0.6) is 0 Å². The molecule has 1 aromatic carbocycles. The fourth-order valence-electron chi connectivity index (χ4n) is 2.56. The van der Waals surface area contributed by atoms with E-state index in [0.717, 1.165) is 24.1 Å². The molecular formula is C16H22N2O3. The number of nitrogens with zero attached hydrogens (tertiary/aromatic N) is 1. The van der Waals surface area contributed by atoms with Crippen molar-refractivity contribution in [3.8, 4) is 0 Å². The lowest BCUT2D eigenvalue weighted by Crippen LogP contribution is -2.40. The maximum Gasteiger partial charge on any atom is 0.226 e. The van der Waals surface area contributed by atoms with E-state index in [1.165, 1.54) is 6.92 Å². The third kappa shape index (κ3) is 4.56. The van der Waals surface area contributed by atoms with E-state index in [1.54, 1.807) is 24.1 Å². The fourth-order valence-corrected chi connectivity index (χ4v) is 2.56. The van der Waals surface area contributed by atoms with Gasteiger partial charge in [0.2, 0.25) is 11.8 Å². The second-order valence-corrected chi connectivity index (χ2v) is 5.82. The van der Waals surface area contributed by atoms with Crippen molar-refractivity contribution >= 4 is 17.5 Å². The first kappa shape index (κ1) is 15.5. The van der Waals surface area contributed by atoms with E-state index in [-0.39, 0.29) is 17.9 Å². The Bertz CT molecular complexity index is 507. The van der Waals surface area contributed by atoms with Gasteiger partial charge in [0.15, 0.2) is 0 Å². The van der Waals surface area contributed by atoms with E-state index < -0.39 is 0 Å². The summed E-state index contributed by atoms with van der Waals surface area (Å²) in [4.78, 5) is 24.8. The molecule has 0 saturated heterocycles. The Hall–Kier alpha value is -1.88.